The van der Waals surface area contributed by atoms with Crippen LogP contribution in [-0.2, 0) is 4.74 Å². The Morgan fingerprint density at radius 2 is 2.20 bits per heavy atom. The molecular weight excluding hydrogens is 378 g/mol. The molecule has 1 saturated carbocycles. The lowest BCUT2D eigenvalue weighted by atomic mass is 9.65. The smallest absolute Gasteiger partial charge is 0.322 e. The Morgan fingerprint density at radius 1 is 1.33 bits per heavy atom. The zero-order valence-corrected chi connectivity index (χ0v) is 17.6. The molecule has 2 unspecified atom stereocenters. The van der Waals surface area contributed by atoms with E-state index in [1.807, 2.05) is 53.0 Å². The fraction of sp³-hybridized carbons (Fsp3) is 0.435. The summed E-state index contributed by atoms with van der Waals surface area (Å²) >= 11 is 0. The Bertz CT molecular complexity index is 1110. The number of anilines is 1. The van der Waals surface area contributed by atoms with Gasteiger partial charge >= 0.3 is 6.03 Å². The molecule has 1 aromatic carbocycles. The van der Waals surface area contributed by atoms with Gasteiger partial charge in [0.25, 0.3) is 0 Å². The summed E-state index contributed by atoms with van der Waals surface area (Å²) in [7, 11) is 1.72. The third-order valence-corrected chi connectivity index (χ3v) is 6.57. The molecule has 3 aromatic rings. The lowest BCUT2D eigenvalue weighted by molar-refractivity contribution is -0.122. The maximum absolute atomic E-state index is 13.2. The van der Waals surface area contributed by atoms with E-state index < -0.39 is 0 Å². The Kier molecular flexibility index (Phi) is 4.50. The van der Waals surface area contributed by atoms with E-state index in [2.05, 4.69) is 22.3 Å². The number of nitrogens with zero attached hydrogens (tertiary/aromatic N) is 4. The molecule has 2 aliphatic rings. The SMILES string of the molecule is COCC12CC(C[C@H](C)C1)N2C(=O)Nc1ccc(C)c(-c2cn3nccc3cn2)c1. The molecule has 156 valence electrons. The van der Waals surface area contributed by atoms with Gasteiger partial charge in [0.15, 0.2) is 0 Å². The van der Waals surface area contributed by atoms with E-state index in [1.165, 1.54) is 0 Å². The number of likely N-dealkylation sites (tertiary alicyclic amines) is 1. The van der Waals surface area contributed by atoms with E-state index in [4.69, 9.17) is 4.74 Å². The van der Waals surface area contributed by atoms with Gasteiger partial charge in [0, 0.05) is 24.4 Å². The number of piperidine rings is 1. The number of aromatic nitrogens is 3. The van der Waals surface area contributed by atoms with Crippen LogP contribution in [0.3, 0.4) is 0 Å². The first-order chi connectivity index (χ1) is 14.5. The van der Waals surface area contributed by atoms with Gasteiger partial charge in [0.1, 0.15) is 0 Å². The quantitative estimate of drug-likeness (QED) is 0.709. The van der Waals surface area contributed by atoms with Crippen LogP contribution in [0.15, 0.2) is 42.9 Å². The van der Waals surface area contributed by atoms with Crippen LogP contribution in [0.25, 0.3) is 16.8 Å². The van der Waals surface area contributed by atoms with Crippen molar-refractivity contribution in [2.24, 2.45) is 5.92 Å². The van der Waals surface area contributed by atoms with Crippen LogP contribution in [0, 0.1) is 12.8 Å². The number of benzene rings is 1. The third-order valence-electron chi connectivity index (χ3n) is 6.57. The molecule has 2 fully saturated rings. The summed E-state index contributed by atoms with van der Waals surface area (Å²) in [5.74, 6) is 0.622. The van der Waals surface area contributed by atoms with Crippen molar-refractivity contribution < 1.29 is 9.53 Å². The average Bonchev–Trinajstić information content (AvgIpc) is 3.16. The van der Waals surface area contributed by atoms with E-state index in [0.29, 0.717) is 18.6 Å². The number of urea groups is 1. The van der Waals surface area contributed by atoms with Gasteiger partial charge in [-0.1, -0.05) is 13.0 Å². The Balaban J connectivity index is 1.40. The highest BCUT2D eigenvalue weighted by Crippen LogP contribution is 2.50. The van der Waals surface area contributed by atoms with Crippen molar-refractivity contribution in [1.82, 2.24) is 19.5 Å². The molecule has 30 heavy (non-hydrogen) atoms. The summed E-state index contributed by atoms with van der Waals surface area (Å²) in [5, 5.41) is 7.42. The standard InChI is InChI=1S/C23H27N5O2/c1-15-8-19-11-23(10-15,14-30-3)28(19)22(29)26-17-5-4-16(2)20(9-17)21-13-27-18(12-24-21)6-7-25-27/h4-7,9,12-13,15,19H,8,10-11,14H2,1-3H3,(H,26,29)/t15-,19?,23?/m0/s1. The fourth-order valence-corrected chi connectivity index (χ4v) is 5.43. The zero-order valence-electron chi connectivity index (χ0n) is 17.6. The molecule has 3 heterocycles. The second-order valence-electron chi connectivity index (χ2n) is 8.86. The molecule has 5 rings (SSSR count). The van der Waals surface area contributed by atoms with Crippen LogP contribution in [0.4, 0.5) is 10.5 Å². The maximum atomic E-state index is 13.2. The minimum atomic E-state index is -0.165. The predicted octanol–water partition coefficient (Wildman–Crippen LogP) is 4.13. The molecule has 1 saturated heterocycles. The first-order valence-corrected chi connectivity index (χ1v) is 10.5. The van der Waals surface area contributed by atoms with Crippen LogP contribution in [0.2, 0.25) is 0 Å². The number of ether oxygens (including phenoxy) is 1. The molecule has 1 aliphatic carbocycles. The molecule has 7 heteroatoms. The second-order valence-corrected chi connectivity index (χ2v) is 8.86. The minimum Gasteiger partial charge on any atom is -0.382 e. The van der Waals surface area contributed by atoms with Crippen molar-refractivity contribution in [3.8, 4) is 11.3 Å². The van der Waals surface area contributed by atoms with Gasteiger partial charge in [-0.25, -0.2) is 9.31 Å². The minimum absolute atomic E-state index is 0.0412. The van der Waals surface area contributed by atoms with Crippen molar-refractivity contribution in [2.75, 3.05) is 19.0 Å². The highest BCUT2D eigenvalue weighted by molar-refractivity contribution is 5.92. The molecule has 2 aromatic heterocycles. The van der Waals surface area contributed by atoms with E-state index in [-0.39, 0.29) is 11.6 Å². The molecule has 0 spiro atoms. The number of hydrogen-bond donors (Lipinski definition) is 1. The van der Waals surface area contributed by atoms with Crippen LogP contribution < -0.4 is 5.32 Å². The number of rotatable bonds is 4. The number of hydrogen-bond acceptors (Lipinski definition) is 4. The van der Waals surface area contributed by atoms with Gasteiger partial charge in [-0.05, 0) is 55.9 Å². The van der Waals surface area contributed by atoms with E-state index in [0.717, 1.165) is 47.3 Å². The van der Waals surface area contributed by atoms with Crippen LogP contribution >= 0.6 is 0 Å². The highest BCUT2D eigenvalue weighted by Gasteiger charge is 2.58. The van der Waals surface area contributed by atoms with Crippen LogP contribution in [0.1, 0.15) is 31.7 Å². The molecule has 1 N–H and O–H groups in total. The van der Waals surface area contributed by atoms with Gasteiger partial charge in [-0.3, -0.25) is 4.98 Å². The van der Waals surface area contributed by atoms with E-state index >= 15 is 0 Å². The first-order valence-electron chi connectivity index (χ1n) is 10.5. The van der Waals surface area contributed by atoms with Gasteiger partial charge in [-0.15, -0.1) is 0 Å². The normalized spacial score (nSPS) is 25.2. The van der Waals surface area contributed by atoms with Crippen LogP contribution in [-0.4, -0.2) is 50.8 Å². The summed E-state index contributed by atoms with van der Waals surface area (Å²) in [6, 6.07) is 8.14. The van der Waals surface area contributed by atoms with Crippen molar-refractivity contribution in [1.29, 1.82) is 0 Å². The lowest BCUT2D eigenvalue weighted by Gasteiger charge is -2.63. The summed E-state index contributed by atoms with van der Waals surface area (Å²) in [6.07, 6.45) is 8.57. The van der Waals surface area contributed by atoms with Crippen molar-refractivity contribution in [3.63, 3.8) is 0 Å². The highest BCUT2D eigenvalue weighted by atomic mass is 16.5. The lowest BCUT2D eigenvalue weighted by Crippen LogP contribution is -2.74. The molecule has 0 radical (unpaired) electrons. The summed E-state index contributed by atoms with van der Waals surface area (Å²) in [4.78, 5) is 19.8. The summed E-state index contributed by atoms with van der Waals surface area (Å²) < 4.78 is 7.29. The Labute approximate surface area is 176 Å². The topological polar surface area (TPSA) is 71.8 Å². The zero-order chi connectivity index (χ0) is 20.9. The molecule has 7 nitrogen and oxygen atoms in total. The van der Waals surface area contributed by atoms with Crippen molar-refractivity contribution in [3.05, 3.63) is 48.4 Å². The molecule has 2 amide bonds. The molecule has 2 bridgehead atoms. The van der Waals surface area contributed by atoms with Crippen molar-refractivity contribution in [2.45, 2.75) is 44.7 Å². The molecule has 1 aliphatic heterocycles. The second kappa shape index (κ2) is 7.09. The van der Waals surface area contributed by atoms with E-state index in [9.17, 15) is 4.79 Å². The molecule has 3 atom stereocenters. The number of methoxy groups -OCH3 is 1. The Morgan fingerprint density at radius 3 is 3.03 bits per heavy atom. The number of carbonyl (C=O) groups is 1. The summed E-state index contributed by atoms with van der Waals surface area (Å²) in [5.41, 5.74) is 4.45. The number of amides is 2. The summed E-state index contributed by atoms with van der Waals surface area (Å²) in [6.45, 7) is 4.90. The number of fused-ring (bicyclic) bond motifs is 3. The monoisotopic (exact) mass is 405 g/mol. The number of carbonyl (C=O) groups excluding carboxylic acids is 1. The predicted molar refractivity (Wildman–Crippen MR) is 115 cm³/mol. The molecular formula is C23H27N5O2. The largest absolute Gasteiger partial charge is 0.382 e. The van der Waals surface area contributed by atoms with E-state index in [1.54, 1.807) is 13.3 Å². The van der Waals surface area contributed by atoms with Gasteiger partial charge < -0.3 is 15.0 Å². The van der Waals surface area contributed by atoms with Gasteiger partial charge in [0.2, 0.25) is 0 Å². The number of aryl methyl sites for hydroxylation is 1. The first kappa shape index (κ1) is 19.1. The fourth-order valence-electron chi connectivity index (χ4n) is 5.43. The average molecular weight is 406 g/mol. The van der Waals surface area contributed by atoms with Gasteiger partial charge in [-0.2, -0.15) is 5.10 Å². The Hall–Kier alpha value is -2.93. The third kappa shape index (κ3) is 3.04. The van der Waals surface area contributed by atoms with Crippen molar-refractivity contribution >= 4 is 17.2 Å². The van der Waals surface area contributed by atoms with Gasteiger partial charge in [0.05, 0.1) is 41.9 Å². The number of nitrogens with one attached hydrogen (secondary N) is 1. The van der Waals surface area contributed by atoms with Crippen LogP contribution in [0.5, 0.6) is 0 Å². The maximum Gasteiger partial charge on any atom is 0.322 e.